The fourth-order valence-electron chi connectivity index (χ4n) is 2.36. The lowest BCUT2D eigenvalue weighted by Gasteiger charge is -2.05. The lowest BCUT2D eigenvalue weighted by molar-refractivity contribution is 0.181. The molecule has 0 amide bonds. The van der Waals surface area contributed by atoms with Gasteiger partial charge in [-0.2, -0.15) is 0 Å². The second kappa shape index (κ2) is 4.91. The Morgan fingerprint density at radius 1 is 1.33 bits per heavy atom. The lowest BCUT2D eigenvalue weighted by Crippen LogP contribution is -1.99. The summed E-state index contributed by atoms with van der Waals surface area (Å²) in [5.41, 5.74) is 0.859. The zero-order valence-electron chi connectivity index (χ0n) is 10.9. The molecule has 0 fully saturated rings. The molecule has 0 radical (unpaired) electrons. The molecule has 3 aromatic heterocycles. The number of imidazole rings is 1. The van der Waals surface area contributed by atoms with Gasteiger partial charge in [-0.1, -0.05) is 6.07 Å². The predicted octanol–water partition coefficient (Wildman–Crippen LogP) is 4.03. The van der Waals surface area contributed by atoms with Gasteiger partial charge in [-0.15, -0.1) is 22.7 Å². The summed E-state index contributed by atoms with van der Waals surface area (Å²) in [5.74, 6) is -0.250. The van der Waals surface area contributed by atoms with Crippen LogP contribution in [0.25, 0.3) is 15.0 Å². The van der Waals surface area contributed by atoms with Gasteiger partial charge in [0.15, 0.2) is 4.96 Å². The van der Waals surface area contributed by atoms with Crippen molar-refractivity contribution in [3.8, 4) is 0 Å². The molecule has 0 saturated carbocycles. The Hall–Kier alpha value is -1.76. The van der Waals surface area contributed by atoms with Crippen molar-refractivity contribution in [2.45, 2.75) is 12.5 Å². The molecule has 4 rings (SSSR count). The van der Waals surface area contributed by atoms with Crippen molar-refractivity contribution in [3.05, 3.63) is 58.4 Å². The summed E-state index contributed by atoms with van der Waals surface area (Å²) >= 11 is 2.99. The number of thiazole rings is 1. The number of aromatic nitrogens is 2. The van der Waals surface area contributed by atoms with E-state index in [0.29, 0.717) is 6.42 Å². The van der Waals surface area contributed by atoms with Gasteiger partial charge in [-0.25, -0.2) is 9.37 Å². The van der Waals surface area contributed by atoms with E-state index < -0.39 is 6.10 Å². The molecule has 3 heterocycles. The Labute approximate surface area is 127 Å². The van der Waals surface area contributed by atoms with E-state index in [1.54, 1.807) is 17.4 Å². The minimum absolute atomic E-state index is 0.250. The summed E-state index contributed by atoms with van der Waals surface area (Å²) in [4.78, 5) is 6.24. The molecule has 0 aliphatic rings. The maximum Gasteiger partial charge on any atom is 0.193 e. The second-order valence-electron chi connectivity index (χ2n) is 4.88. The zero-order valence-corrected chi connectivity index (χ0v) is 12.5. The van der Waals surface area contributed by atoms with E-state index in [1.165, 1.54) is 23.5 Å². The van der Waals surface area contributed by atoms with Crippen LogP contribution in [0.4, 0.5) is 4.39 Å². The predicted molar refractivity (Wildman–Crippen MR) is 83.5 cm³/mol. The SMILES string of the molecule is OC(Cc1cn2ccsc2n1)c1cc2ccc(F)cc2s1. The number of thiophene rings is 1. The normalized spacial score (nSPS) is 13.2. The number of fused-ring (bicyclic) bond motifs is 2. The topological polar surface area (TPSA) is 37.5 Å². The van der Waals surface area contributed by atoms with Crippen LogP contribution in [0.3, 0.4) is 0 Å². The Bertz CT molecular complexity index is 896. The third-order valence-electron chi connectivity index (χ3n) is 3.38. The van der Waals surface area contributed by atoms with Crippen LogP contribution in [0.2, 0.25) is 0 Å². The summed E-state index contributed by atoms with van der Waals surface area (Å²) in [6.07, 6.45) is 3.73. The maximum absolute atomic E-state index is 13.2. The Morgan fingerprint density at radius 2 is 2.24 bits per heavy atom. The van der Waals surface area contributed by atoms with E-state index in [9.17, 15) is 9.50 Å². The lowest BCUT2D eigenvalue weighted by atomic mass is 10.1. The van der Waals surface area contributed by atoms with Gasteiger partial charge in [0.05, 0.1) is 11.8 Å². The van der Waals surface area contributed by atoms with Gasteiger partial charge in [-0.3, -0.25) is 4.40 Å². The van der Waals surface area contributed by atoms with Crippen LogP contribution in [-0.2, 0) is 6.42 Å². The average molecular weight is 318 g/mol. The quantitative estimate of drug-likeness (QED) is 0.619. The number of halogens is 1. The van der Waals surface area contributed by atoms with E-state index in [-0.39, 0.29) is 5.82 Å². The number of rotatable bonds is 3. The fraction of sp³-hybridized carbons (Fsp3) is 0.133. The highest BCUT2D eigenvalue weighted by atomic mass is 32.1. The number of hydrogen-bond acceptors (Lipinski definition) is 4. The molecule has 0 aliphatic carbocycles. The first-order valence-electron chi connectivity index (χ1n) is 6.47. The van der Waals surface area contributed by atoms with Crippen molar-refractivity contribution in [2.75, 3.05) is 0 Å². The van der Waals surface area contributed by atoms with Gasteiger partial charge < -0.3 is 5.11 Å². The second-order valence-corrected chi connectivity index (χ2v) is 6.86. The highest BCUT2D eigenvalue weighted by Crippen LogP contribution is 2.32. The Kier molecular flexibility index (Phi) is 3.02. The molecule has 4 aromatic rings. The van der Waals surface area contributed by atoms with Crippen molar-refractivity contribution >= 4 is 37.7 Å². The van der Waals surface area contributed by atoms with Gasteiger partial charge >= 0.3 is 0 Å². The van der Waals surface area contributed by atoms with Crippen LogP contribution >= 0.6 is 22.7 Å². The molecule has 21 heavy (non-hydrogen) atoms. The van der Waals surface area contributed by atoms with Crippen LogP contribution in [0.1, 0.15) is 16.7 Å². The van der Waals surface area contributed by atoms with Crippen molar-refractivity contribution in [3.63, 3.8) is 0 Å². The molecule has 1 unspecified atom stereocenters. The molecule has 106 valence electrons. The molecule has 1 aromatic carbocycles. The van der Waals surface area contributed by atoms with Gasteiger partial charge in [0, 0.05) is 33.8 Å². The van der Waals surface area contributed by atoms with Crippen molar-refractivity contribution in [1.82, 2.24) is 9.38 Å². The third-order valence-corrected chi connectivity index (χ3v) is 5.35. The zero-order chi connectivity index (χ0) is 14.4. The molecule has 0 spiro atoms. The standard InChI is InChI=1S/C15H11FN2OS2/c16-10-2-1-9-5-14(21-13(9)6-10)12(19)7-11-8-18-3-4-20-15(18)17-11/h1-6,8,12,19H,7H2. The van der Waals surface area contributed by atoms with Crippen molar-refractivity contribution < 1.29 is 9.50 Å². The van der Waals surface area contributed by atoms with E-state index in [0.717, 1.165) is 25.6 Å². The summed E-state index contributed by atoms with van der Waals surface area (Å²) in [6, 6.07) is 6.60. The molecule has 0 saturated heterocycles. The first-order chi connectivity index (χ1) is 10.2. The van der Waals surface area contributed by atoms with E-state index in [2.05, 4.69) is 4.98 Å². The molecule has 0 bridgehead atoms. The number of nitrogens with zero attached hydrogens (tertiary/aromatic N) is 2. The molecule has 1 atom stereocenters. The van der Waals surface area contributed by atoms with Crippen LogP contribution in [0.5, 0.6) is 0 Å². The number of benzene rings is 1. The van der Waals surface area contributed by atoms with Gasteiger partial charge in [0.1, 0.15) is 5.82 Å². The highest BCUT2D eigenvalue weighted by Gasteiger charge is 2.15. The summed E-state index contributed by atoms with van der Waals surface area (Å²) in [7, 11) is 0. The van der Waals surface area contributed by atoms with Crippen molar-refractivity contribution in [1.29, 1.82) is 0 Å². The highest BCUT2D eigenvalue weighted by molar-refractivity contribution is 7.19. The molecule has 6 heteroatoms. The molecule has 3 nitrogen and oxygen atoms in total. The van der Waals surface area contributed by atoms with Crippen LogP contribution in [-0.4, -0.2) is 14.5 Å². The minimum Gasteiger partial charge on any atom is -0.387 e. The number of aliphatic hydroxyl groups is 1. The van der Waals surface area contributed by atoms with Crippen LogP contribution in [0, 0.1) is 5.82 Å². The van der Waals surface area contributed by atoms with E-state index in [4.69, 9.17) is 0 Å². The van der Waals surface area contributed by atoms with Crippen molar-refractivity contribution in [2.24, 2.45) is 0 Å². The first kappa shape index (κ1) is 12.9. The van der Waals surface area contributed by atoms with Gasteiger partial charge in [0.2, 0.25) is 0 Å². The van der Waals surface area contributed by atoms with Crippen LogP contribution < -0.4 is 0 Å². The van der Waals surface area contributed by atoms with E-state index in [1.807, 2.05) is 28.2 Å². The van der Waals surface area contributed by atoms with Gasteiger partial charge in [-0.05, 0) is 23.6 Å². The maximum atomic E-state index is 13.2. The molecular formula is C15H11FN2OS2. The third kappa shape index (κ3) is 2.35. The number of aliphatic hydroxyl groups excluding tert-OH is 1. The number of hydrogen-bond donors (Lipinski definition) is 1. The smallest absolute Gasteiger partial charge is 0.193 e. The van der Waals surface area contributed by atoms with Crippen LogP contribution in [0.15, 0.2) is 42.0 Å². The average Bonchev–Trinajstić information content (AvgIpc) is 3.10. The van der Waals surface area contributed by atoms with E-state index >= 15 is 0 Å². The molecule has 1 N–H and O–H groups in total. The minimum atomic E-state index is -0.616. The first-order valence-corrected chi connectivity index (χ1v) is 8.17. The summed E-state index contributed by atoms with van der Waals surface area (Å²) < 4.78 is 16.0. The fourth-order valence-corrected chi connectivity index (χ4v) is 4.16. The summed E-state index contributed by atoms with van der Waals surface area (Å²) in [6.45, 7) is 0. The Morgan fingerprint density at radius 3 is 3.10 bits per heavy atom. The largest absolute Gasteiger partial charge is 0.387 e. The Balaban J connectivity index is 1.63. The molecule has 0 aliphatic heterocycles. The monoisotopic (exact) mass is 318 g/mol. The molecular weight excluding hydrogens is 307 g/mol. The van der Waals surface area contributed by atoms with Gasteiger partial charge in [0.25, 0.3) is 0 Å². The summed E-state index contributed by atoms with van der Waals surface area (Å²) in [5, 5.41) is 13.3.